The quantitative estimate of drug-likeness (QED) is 0.269. The molecular weight excluding hydrogens is 470 g/mol. The van der Waals surface area contributed by atoms with Crippen molar-refractivity contribution in [1.29, 1.82) is 0 Å². The van der Waals surface area contributed by atoms with Gasteiger partial charge in [0.15, 0.2) is 0 Å². The summed E-state index contributed by atoms with van der Waals surface area (Å²) in [5.41, 5.74) is 5.42. The summed E-state index contributed by atoms with van der Waals surface area (Å²) in [5, 5.41) is 7.19. The first-order valence-corrected chi connectivity index (χ1v) is 11.8. The summed E-state index contributed by atoms with van der Waals surface area (Å²) in [6, 6.07) is 31.0. The summed E-state index contributed by atoms with van der Waals surface area (Å²) in [6.07, 6.45) is 0. The molecule has 36 heavy (non-hydrogen) atoms. The van der Waals surface area contributed by atoms with Gasteiger partial charge in [0.25, 0.3) is 11.8 Å². The van der Waals surface area contributed by atoms with Crippen LogP contribution in [-0.2, 0) is 0 Å². The van der Waals surface area contributed by atoms with Gasteiger partial charge in [-0.1, -0.05) is 59.6 Å². The normalized spacial score (nSPS) is 10.7. The van der Waals surface area contributed by atoms with Crippen LogP contribution < -0.4 is 10.6 Å². The lowest BCUT2D eigenvalue weighted by Crippen LogP contribution is -2.15. The molecule has 2 N–H and O–H groups in total. The van der Waals surface area contributed by atoms with Gasteiger partial charge in [-0.05, 0) is 67.6 Å². The molecule has 0 aliphatic heterocycles. The van der Waals surface area contributed by atoms with Gasteiger partial charge in [-0.25, -0.2) is 4.98 Å². The highest BCUT2D eigenvalue weighted by Gasteiger charge is 2.16. The molecule has 5 aromatic rings. The van der Waals surface area contributed by atoms with Crippen LogP contribution in [0.15, 0.2) is 103 Å². The highest BCUT2D eigenvalue weighted by molar-refractivity contribution is 6.30. The molecule has 0 radical (unpaired) electrons. The van der Waals surface area contributed by atoms with E-state index in [-0.39, 0.29) is 11.8 Å². The van der Waals surface area contributed by atoms with Crippen molar-refractivity contribution in [2.24, 2.45) is 0 Å². The molecule has 0 unspecified atom stereocenters. The lowest BCUT2D eigenvalue weighted by molar-refractivity contribution is 0.101. The smallest absolute Gasteiger partial charge is 0.256 e. The average molecular weight is 492 g/mol. The van der Waals surface area contributed by atoms with E-state index >= 15 is 0 Å². The van der Waals surface area contributed by atoms with Crippen molar-refractivity contribution in [3.63, 3.8) is 0 Å². The fourth-order valence-corrected chi connectivity index (χ4v) is 4.08. The number of para-hydroxylation sites is 1. The Labute approximate surface area is 213 Å². The number of rotatable bonds is 5. The number of benzene rings is 4. The number of aryl methyl sites for hydroxylation is 1. The fraction of sp³-hybridized carbons (Fsp3) is 0.0333. The molecule has 2 amide bonds. The van der Waals surface area contributed by atoms with E-state index in [1.165, 1.54) is 0 Å². The second kappa shape index (κ2) is 10.0. The van der Waals surface area contributed by atoms with Crippen LogP contribution >= 0.6 is 11.6 Å². The third-order valence-electron chi connectivity index (χ3n) is 5.76. The third-order valence-corrected chi connectivity index (χ3v) is 6.02. The Morgan fingerprint density at radius 1 is 0.722 bits per heavy atom. The molecule has 1 aromatic heterocycles. The molecule has 5 nitrogen and oxygen atoms in total. The molecule has 0 aliphatic carbocycles. The number of hydrogen-bond acceptors (Lipinski definition) is 3. The van der Waals surface area contributed by atoms with Gasteiger partial charge in [0.1, 0.15) is 0 Å². The summed E-state index contributed by atoms with van der Waals surface area (Å²) in [5.74, 6) is -0.545. The lowest BCUT2D eigenvalue weighted by Gasteiger charge is -2.12. The van der Waals surface area contributed by atoms with Gasteiger partial charge >= 0.3 is 0 Å². The second-order valence-electron chi connectivity index (χ2n) is 8.44. The average Bonchev–Trinajstić information content (AvgIpc) is 2.89. The zero-order valence-corrected chi connectivity index (χ0v) is 20.2. The van der Waals surface area contributed by atoms with E-state index in [0.717, 1.165) is 16.5 Å². The van der Waals surface area contributed by atoms with Crippen molar-refractivity contribution in [2.45, 2.75) is 6.92 Å². The monoisotopic (exact) mass is 491 g/mol. The molecular formula is C30H22ClN3O2. The molecule has 0 bridgehead atoms. The molecule has 4 aromatic carbocycles. The van der Waals surface area contributed by atoms with Crippen LogP contribution in [0, 0.1) is 6.92 Å². The molecule has 0 atom stereocenters. The number of nitrogens with zero attached hydrogens (tertiary/aromatic N) is 1. The van der Waals surface area contributed by atoms with Gasteiger partial charge in [-0.3, -0.25) is 9.59 Å². The number of hydrogen-bond donors (Lipinski definition) is 2. The van der Waals surface area contributed by atoms with Crippen LogP contribution in [0.2, 0.25) is 5.02 Å². The minimum absolute atomic E-state index is 0.257. The van der Waals surface area contributed by atoms with Crippen molar-refractivity contribution in [1.82, 2.24) is 4.98 Å². The number of fused-ring (bicyclic) bond motifs is 1. The van der Waals surface area contributed by atoms with Crippen LogP contribution in [0.3, 0.4) is 0 Å². The molecule has 5 rings (SSSR count). The minimum atomic E-state index is -0.288. The van der Waals surface area contributed by atoms with Gasteiger partial charge in [0.05, 0.1) is 16.8 Å². The highest BCUT2D eigenvalue weighted by atomic mass is 35.5. The van der Waals surface area contributed by atoms with Crippen molar-refractivity contribution in [3.8, 4) is 11.3 Å². The molecule has 0 fully saturated rings. The highest BCUT2D eigenvalue weighted by Crippen LogP contribution is 2.27. The summed E-state index contributed by atoms with van der Waals surface area (Å²) >= 11 is 6.05. The number of carbonyl (C=O) groups excluding carboxylic acids is 2. The molecule has 6 heteroatoms. The first-order valence-electron chi connectivity index (χ1n) is 11.4. The summed E-state index contributed by atoms with van der Waals surface area (Å²) < 4.78 is 0. The maximum absolute atomic E-state index is 13.5. The topological polar surface area (TPSA) is 71.1 Å². The maximum Gasteiger partial charge on any atom is 0.256 e. The van der Waals surface area contributed by atoms with E-state index in [1.54, 1.807) is 42.5 Å². The van der Waals surface area contributed by atoms with Gasteiger partial charge in [0, 0.05) is 32.9 Å². The second-order valence-corrected chi connectivity index (χ2v) is 8.87. The molecule has 0 spiro atoms. The summed E-state index contributed by atoms with van der Waals surface area (Å²) in [4.78, 5) is 31.0. The van der Waals surface area contributed by atoms with Crippen LogP contribution in [0.5, 0.6) is 0 Å². The summed E-state index contributed by atoms with van der Waals surface area (Å²) in [6.45, 7) is 1.98. The molecule has 0 saturated carbocycles. The Morgan fingerprint density at radius 3 is 2.22 bits per heavy atom. The Balaban J connectivity index is 1.46. The van der Waals surface area contributed by atoms with Crippen molar-refractivity contribution in [3.05, 3.63) is 125 Å². The predicted molar refractivity (Wildman–Crippen MR) is 146 cm³/mol. The van der Waals surface area contributed by atoms with Crippen LogP contribution in [0.1, 0.15) is 26.3 Å². The lowest BCUT2D eigenvalue weighted by atomic mass is 10.0. The summed E-state index contributed by atoms with van der Waals surface area (Å²) in [7, 11) is 0. The molecule has 0 saturated heterocycles. The van der Waals surface area contributed by atoms with E-state index in [4.69, 9.17) is 16.6 Å². The van der Waals surface area contributed by atoms with Crippen LogP contribution in [0.4, 0.5) is 11.4 Å². The van der Waals surface area contributed by atoms with Gasteiger partial charge in [-0.15, -0.1) is 0 Å². The van der Waals surface area contributed by atoms with Crippen LogP contribution in [0.25, 0.3) is 22.2 Å². The fourth-order valence-electron chi connectivity index (χ4n) is 3.96. The van der Waals surface area contributed by atoms with Gasteiger partial charge in [0.2, 0.25) is 0 Å². The van der Waals surface area contributed by atoms with Crippen molar-refractivity contribution < 1.29 is 9.59 Å². The van der Waals surface area contributed by atoms with Crippen molar-refractivity contribution >= 4 is 45.7 Å². The number of anilines is 2. The van der Waals surface area contributed by atoms with Crippen molar-refractivity contribution in [2.75, 3.05) is 10.6 Å². The SMILES string of the molecule is Cc1ccc2nc(-c3ccc(Cl)cc3)cc(C(=O)Nc3cccc(C(=O)Nc4ccccc4)c3)c2c1. The zero-order chi connectivity index (χ0) is 25.1. The molecule has 176 valence electrons. The Morgan fingerprint density at radius 2 is 1.44 bits per heavy atom. The van der Waals surface area contributed by atoms with Crippen LogP contribution in [-0.4, -0.2) is 16.8 Å². The van der Waals surface area contributed by atoms with Gasteiger partial charge in [-0.2, -0.15) is 0 Å². The maximum atomic E-state index is 13.5. The molecule has 1 heterocycles. The minimum Gasteiger partial charge on any atom is -0.322 e. The standard InChI is InChI=1S/C30H22ClN3O2/c1-19-10-15-27-25(16-19)26(18-28(34-27)20-11-13-22(31)14-12-20)30(36)33-24-9-5-6-21(17-24)29(35)32-23-7-3-2-4-8-23/h2-18H,1H3,(H,32,35)(H,33,36). The number of pyridine rings is 1. The Kier molecular flexibility index (Phi) is 6.48. The first kappa shape index (κ1) is 23.3. The number of nitrogens with one attached hydrogen (secondary N) is 2. The molecule has 0 aliphatic rings. The largest absolute Gasteiger partial charge is 0.322 e. The Hall–Kier alpha value is -4.48. The number of aromatic nitrogens is 1. The number of amides is 2. The number of halogens is 1. The Bertz CT molecular complexity index is 1580. The van der Waals surface area contributed by atoms with E-state index in [2.05, 4.69) is 10.6 Å². The van der Waals surface area contributed by atoms with E-state index in [0.29, 0.717) is 38.7 Å². The van der Waals surface area contributed by atoms with E-state index < -0.39 is 0 Å². The zero-order valence-electron chi connectivity index (χ0n) is 19.5. The van der Waals surface area contributed by atoms with E-state index in [9.17, 15) is 9.59 Å². The first-order chi connectivity index (χ1) is 17.5. The van der Waals surface area contributed by atoms with Gasteiger partial charge < -0.3 is 10.6 Å². The van der Waals surface area contributed by atoms with E-state index in [1.807, 2.05) is 67.6 Å². The third kappa shape index (κ3) is 5.11. The number of carbonyl (C=O) groups is 2. The predicted octanol–water partition coefficient (Wildman–Crippen LogP) is 7.37.